The van der Waals surface area contributed by atoms with Crippen molar-refractivity contribution in [1.82, 2.24) is 0 Å². The second-order valence-electron chi connectivity index (χ2n) is 5.76. The maximum Gasteiger partial charge on any atom is 0.0314 e. The third kappa shape index (κ3) is 5.10. The monoisotopic (exact) mass is 257 g/mol. The zero-order valence-electron chi connectivity index (χ0n) is 12.0. The zero-order chi connectivity index (χ0) is 13.3. The van der Waals surface area contributed by atoms with Crippen LogP contribution in [0.5, 0.6) is 0 Å². The Labute approximate surface area is 117 Å². The molecule has 1 nitrogen and oxygen atoms in total. The minimum Gasteiger partial charge on any atom is -0.399 e. The standard InChI is InChI=1S/C18H27N/c19-18-14-12-17(13-15-18)16-10-8-6-4-2-1-3-5-7-9-11-16/h4,6,12-16H,1-3,5,7-11,19H2/b6-4-. The van der Waals surface area contributed by atoms with Gasteiger partial charge in [0.1, 0.15) is 0 Å². The van der Waals surface area contributed by atoms with Gasteiger partial charge in [-0.15, -0.1) is 0 Å². The molecule has 0 bridgehead atoms. The molecule has 2 N–H and O–H groups in total. The SMILES string of the molecule is Nc1ccc(C2CC/C=C\CCCCCCC2)cc1. The van der Waals surface area contributed by atoms with E-state index in [1.165, 1.54) is 63.4 Å². The molecule has 1 atom stereocenters. The van der Waals surface area contributed by atoms with E-state index in [9.17, 15) is 0 Å². The van der Waals surface area contributed by atoms with Gasteiger partial charge in [-0.1, -0.05) is 50.0 Å². The molecule has 104 valence electrons. The van der Waals surface area contributed by atoms with Gasteiger partial charge in [-0.3, -0.25) is 0 Å². The molecule has 1 heteroatoms. The number of hydrogen-bond acceptors (Lipinski definition) is 1. The van der Waals surface area contributed by atoms with Crippen LogP contribution in [0, 0.1) is 0 Å². The van der Waals surface area contributed by atoms with Crippen molar-refractivity contribution in [3.05, 3.63) is 42.0 Å². The summed E-state index contributed by atoms with van der Waals surface area (Å²) in [7, 11) is 0. The van der Waals surface area contributed by atoms with E-state index in [4.69, 9.17) is 5.73 Å². The quantitative estimate of drug-likeness (QED) is 0.526. The van der Waals surface area contributed by atoms with Gasteiger partial charge in [0, 0.05) is 5.69 Å². The van der Waals surface area contributed by atoms with Crippen molar-refractivity contribution >= 4 is 5.69 Å². The van der Waals surface area contributed by atoms with Crippen molar-refractivity contribution in [1.29, 1.82) is 0 Å². The van der Waals surface area contributed by atoms with Gasteiger partial charge in [0.25, 0.3) is 0 Å². The largest absolute Gasteiger partial charge is 0.399 e. The molecule has 19 heavy (non-hydrogen) atoms. The molecule has 0 amide bonds. The van der Waals surface area contributed by atoms with Crippen molar-refractivity contribution in [3.8, 4) is 0 Å². The lowest BCUT2D eigenvalue weighted by molar-refractivity contribution is 0.517. The second-order valence-corrected chi connectivity index (χ2v) is 5.76. The fourth-order valence-electron chi connectivity index (χ4n) is 2.96. The highest BCUT2D eigenvalue weighted by molar-refractivity contribution is 5.40. The van der Waals surface area contributed by atoms with Crippen LogP contribution in [0.3, 0.4) is 0 Å². The van der Waals surface area contributed by atoms with Gasteiger partial charge in [0.05, 0.1) is 0 Å². The third-order valence-electron chi connectivity index (χ3n) is 4.18. The molecule has 1 aliphatic rings. The Kier molecular flexibility index (Phi) is 6.00. The molecular weight excluding hydrogens is 230 g/mol. The van der Waals surface area contributed by atoms with Crippen molar-refractivity contribution < 1.29 is 0 Å². The number of nitrogen functional groups attached to an aromatic ring is 1. The molecular formula is C18H27N. The number of benzene rings is 1. The molecule has 2 rings (SSSR count). The summed E-state index contributed by atoms with van der Waals surface area (Å²) in [5, 5.41) is 0. The summed E-state index contributed by atoms with van der Waals surface area (Å²) in [6.07, 6.45) is 16.8. The minimum absolute atomic E-state index is 0.713. The third-order valence-corrected chi connectivity index (χ3v) is 4.18. The Morgan fingerprint density at radius 2 is 1.42 bits per heavy atom. The number of anilines is 1. The van der Waals surface area contributed by atoms with Crippen LogP contribution >= 0.6 is 0 Å². The van der Waals surface area contributed by atoms with E-state index in [0.29, 0.717) is 5.92 Å². The smallest absolute Gasteiger partial charge is 0.0314 e. The number of nitrogens with two attached hydrogens (primary N) is 1. The summed E-state index contributed by atoms with van der Waals surface area (Å²) in [5.41, 5.74) is 8.13. The summed E-state index contributed by atoms with van der Waals surface area (Å²) >= 11 is 0. The van der Waals surface area contributed by atoms with Gasteiger partial charge in [-0.2, -0.15) is 0 Å². The van der Waals surface area contributed by atoms with Crippen molar-refractivity contribution in [2.45, 2.75) is 63.7 Å². The Hall–Kier alpha value is -1.24. The summed E-state index contributed by atoms with van der Waals surface area (Å²) in [6.45, 7) is 0. The Morgan fingerprint density at radius 3 is 2.26 bits per heavy atom. The van der Waals surface area contributed by atoms with Crippen LogP contribution < -0.4 is 5.73 Å². The molecule has 0 radical (unpaired) electrons. The molecule has 1 aromatic carbocycles. The van der Waals surface area contributed by atoms with Crippen LogP contribution in [0.15, 0.2) is 36.4 Å². The maximum absolute atomic E-state index is 5.78. The molecule has 1 aliphatic carbocycles. The van der Waals surface area contributed by atoms with Gasteiger partial charge in [0.2, 0.25) is 0 Å². The maximum atomic E-state index is 5.78. The molecule has 0 heterocycles. The van der Waals surface area contributed by atoms with Crippen molar-refractivity contribution in [3.63, 3.8) is 0 Å². The molecule has 0 spiro atoms. The lowest BCUT2D eigenvalue weighted by atomic mass is 9.88. The Balaban J connectivity index is 1.98. The fourth-order valence-corrected chi connectivity index (χ4v) is 2.96. The first-order valence-corrected chi connectivity index (χ1v) is 7.87. The predicted molar refractivity (Wildman–Crippen MR) is 84.3 cm³/mol. The lowest BCUT2D eigenvalue weighted by Gasteiger charge is -2.17. The molecule has 0 aliphatic heterocycles. The van der Waals surface area contributed by atoms with E-state index in [0.717, 1.165) is 5.69 Å². The van der Waals surface area contributed by atoms with Crippen molar-refractivity contribution in [2.24, 2.45) is 0 Å². The van der Waals surface area contributed by atoms with E-state index in [1.54, 1.807) is 0 Å². The molecule has 0 saturated heterocycles. The van der Waals surface area contributed by atoms with Gasteiger partial charge in [-0.05, 0) is 55.7 Å². The number of rotatable bonds is 1. The first kappa shape index (κ1) is 14.2. The van der Waals surface area contributed by atoms with E-state index < -0.39 is 0 Å². The van der Waals surface area contributed by atoms with Crippen LogP contribution in [0.25, 0.3) is 0 Å². The zero-order valence-corrected chi connectivity index (χ0v) is 12.0. The van der Waals surface area contributed by atoms with E-state index in [-0.39, 0.29) is 0 Å². The molecule has 0 fully saturated rings. The van der Waals surface area contributed by atoms with Crippen LogP contribution in [-0.2, 0) is 0 Å². The normalized spacial score (nSPS) is 24.1. The van der Waals surface area contributed by atoms with Crippen LogP contribution in [-0.4, -0.2) is 0 Å². The summed E-state index contributed by atoms with van der Waals surface area (Å²) in [5.74, 6) is 0.713. The second kappa shape index (κ2) is 8.04. The molecule has 1 unspecified atom stereocenters. The van der Waals surface area contributed by atoms with Crippen LogP contribution in [0.4, 0.5) is 5.69 Å². The van der Waals surface area contributed by atoms with Gasteiger partial charge >= 0.3 is 0 Å². The lowest BCUT2D eigenvalue weighted by Crippen LogP contribution is -2.00. The first-order chi connectivity index (χ1) is 9.36. The van der Waals surface area contributed by atoms with Gasteiger partial charge in [0.15, 0.2) is 0 Å². The van der Waals surface area contributed by atoms with Crippen LogP contribution in [0.2, 0.25) is 0 Å². The van der Waals surface area contributed by atoms with Crippen molar-refractivity contribution in [2.75, 3.05) is 5.73 Å². The molecule has 1 aromatic rings. The first-order valence-electron chi connectivity index (χ1n) is 7.87. The Morgan fingerprint density at radius 1 is 0.737 bits per heavy atom. The van der Waals surface area contributed by atoms with Gasteiger partial charge < -0.3 is 5.73 Å². The average molecular weight is 257 g/mol. The number of allylic oxidation sites excluding steroid dienone is 2. The average Bonchev–Trinajstić information content (AvgIpc) is 2.41. The summed E-state index contributed by atoms with van der Waals surface area (Å²) in [4.78, 5) is 0. The van der Waals surface area contributed by atoms with E-state index >= 15 is 0 Å². The van der Waals surface area contributed by atoms with E-state index in [2.05, 4.69) is 24.3 Å². The predicted octanol–water partition coefficient (Wildman–Crippen LogP) is 5.43. The minimum atomic E-state index is 0.713. The Bertz CT molecular complexity index is 377. The fraction of sp³-hybridized carbons (Fsp3) is 0.556. The molecule has 0 aromatic heterocycles. The highest BCUT2D eigenvalue weighted by atomic mass is 14.5. The summed E-state index contributed by atoms with van der Waals surface area (Å²) in [6, 6.07) is 8.52. The van der Waals surface area contributed by atoms with E-state index in [1.807, 2.05) is 12.1 Å². The summed E-state index contributed by atoms with van der Waals surface area (Å²) < 4.78 is 0. The highest BCUT2D eigenvalue weighted by Crippen LogP contribution is 2.28. The molecule has 0 saturated carbocycles. The highest BCUT2D eigenvalue weighted by Gasteiger charge is 2.10. The van der Waals surface area contributed by atoms with Crippen LogP contribution in [0.1, 0.15) is 69.3 Å². The van der Waals surface area contributed by atoms with Gasteiger partial charge in [-0.25, -0.2) is 0 Å². The number of hydrogen-bond donors (Lipinski definition) is 1. The topological polar surface area (TPSA) is 26.0 Å².